The quantitative estimate of drug-likeness (QED) is 0.536. The third kappa shape index (κ3) is 5.67. The molecule has 186 valence electrons. The molecular formula is C25H32FNO7. The van der Waals surface area contributed by atoms with E-state index in [0.29, 0.717) is 35.6 Å². The number of aliphatic hydroxyl groups is 2. The van der Waals surface area contributed by atoms with Gasteiger partial charge in [0.1, 0.15) is 35.6 Å². The monoisotopic (exact) mass is 477 g/mol. The lowest BCUT2D eigenvalue weighted by atomic mass is 9.89. The minimum atomic E-state index is -1.37. The Morgan fingerprint density at radius 2 is 1.91 bits per heavy atom. The number of rotatable bonds is 8. The number of methoxy groups -OCH3 is 2. The molecule has 1 aliphatic rings. The minimum Gasteiger partial charge on any atom is -0.496 e. The van der Waals surface area contributed by atoms with E-state index in [1.807, 2.05) is 0 Å². The number of carbonyl (C=O) groups excluding carboxylic acids is 1. The van der Waals surface area contributed by atoms with Crippen LogP contribution < -0.4 is 14.8 Å². The summed E-state index contributed by atoms with van der Waals surface area (Å²) in [4.78, 5) is 11.3. The average Bonchev–Trinajstić information content (AvgIpc) is 2.77. The van der Waals surface area contributed by atoms with Crippen LogP contribution in [0.1, 0.15) is 26.3 Å². The SMILES string of the molecule is COc1cc(OC2OC(C)(C)[C@H](OC)[C@@H](O)[C@@H]2O)cc(-c2cccc(F)c2)c1CCNC(C)=O. The topological polar surface area (TPSA) is 106 Å². The van der Waals surface area contributed by atoms with Crippen molar-refractivity contribution in [1.29, 1.82) is 0 Å². The molecule has 4 atom stereocenters. The van der Waals surface area contributed by atoms with Crippen LogP contribution in [0.15, 0.2) is 36.4 Å². The second-order valence-electron chi connectivity index (χ2n) is 8.74. The molecule has 0 bridgehead atoms. The van der Waals surface area contributed by atoms with E-state index < -0.39 is 36.0 Å². The van der Waals surface area contributed by atoms with Gasteiger partial charge >= 0.3 is 0 Å². The van der Waals surface area contributed by atoms with Gasteiger partial charge in [0.05, 0.1) is 12.7 Å². The van der Waals surface area contributed by atoms with Crippen LogP contribution in [0.5, 0.6) is 11.5 Å². The smallest absolute Gasteiger partial charge is 0.229 e. The van der Waals surface area contributed by atoms with Gasteiger partial charge in [-0.2, -0.15) is 0 Å². The molecule has 0 saturated carbocycles. The van der Waals surface area contributed by atoms with E-state index >= 15 is 0 Å². The largest absolute Gasteiger partial charge is 0.496 e. The Kier molecular flexibility index (Phi) is 8.14. The van der Waals surface area contributed by atoms with Crippen molar-refractivity contribution in [1.82, 2.24) is 5.32 Å². The Labute approximate surface area is 198 Å². The maximum atomic E-state index is 14.0. The number of aliphatic hydroxyl groups excluding tert-OH is 2. The Morgan fingerprint density at radius 3 is 2.53 bits per heavy atom. The van der Waals surface area contributed by atoms with Gasteiger partial charge in [0.15, 0.2) is 0 Å². The number of hydrogen-bond donors (Lipinski definition) is 3. The van der Waals surface area contributed by atoms with Gasteiger partial charge in [0.25, 0.3) is 0 Å². The fraction of sp³-hybridized carbons (Fsp3) is 0.480. The highest BCUT2D eigenvalue weighted by Gasteiger charge is 2.50. The highest BCUT2D eigenvalue weighted by atomic mass is 19.1. The number of benzene rings is 2. The molecule has 1 heterocycles. The van der Waals surface area contributed by atoms with E-state index in [1.165, 1.54) is 33.3 Å². The van der Waals surface area contributed by atoms with E-state index in [-0.39, 0.29) is 5.91 Å². The van der Waals surface area contributed by atoms with Crippen molar-refractivity contribution in [3.63, 3.8) is 0 Å². The predicted octanol–water partition coefficient (Wildman–Crippen LogP) is 2.43. The molecule has 2 aromatic rings. The number of halogens is 1. The van der Waals surface area contributed by atoms with E-state index in [2.05, 4.69) is 5.32 Å². The van der Waals surface area contributed by atoms with Gasteiger partial charge in [-0.05, 0) is 49.6 Å². The second-order valence-corrected chi connectivity index (χ2v) is 8.74. The maximum Gasteiger partial charge on any atom is 0.229 e. The van der Waals surface area contributed by atoms with Crippen LogP contribution in [-0.2, 0) is 20.7 Å². The molecule has 0 spiro atoms. The zero-order valence-electron chi connectivity index (χ0n) is 20.0. The molecule has 1 amide bonds. The van der Waals surface area contributed by atoms with Gasteiger partial charge in [0, 0.05) is 32.2 Å². The normalized spacial score (nSPS) is 23.9. The van der Waals surface area contributed by atoms with Gasteiger partial charge < -0.3 is 34.5 Å². The Balaban J connectivity index is 2.00. The van der Waals surface area contributed by atoms with E-state index in [9.17, 15) is 19.4 Å². The van der Waals surface area contributed by atoms with Crippen molar-refractivity contribution in [3.05, 3.63) is 47.8 Å². The van der Waals surface area contributed by atoms with Crippen LogP contribution in [0.3, 0.4) is 0 Å². The number of carbonyl (C=O) groups is 1. The summed E-state index contributed by atoms with van der Waals surface area (Å²) >= 11 is 0. The van der Waals surface area contributed by atoms with Gasteiger partial charge in [-0.25, -0.2) is 4.39 Å². The first kappa shape index (κ1) is 25.9. The molecule has 2 aromatic carbocycles. The predicted molar refractivity (Wildman–Crippen MR) is 123 cm³/mol. The molecule has 1 unspecified atom stereocenters. The summed E-state index contributed by atoms with van der Waals surface area (Å²) < 4.78 is 36.8. The number of hydrogen-bond acceptors (Lipinski definition) is 7. The Hall–Kier alpha value is -2.72. The lowest BCUT2D eigenvalue weighted by Crippen LogP contribution is -2.63. The molecule has 1 aliphatic heterocycles. The number of nitrogens with one attached hydrogen (secondary N) is 1. The lowest BCUT2D eigenvalue weighted by Gasteiger charge is -2.46. The van der Waals surface area contributed by atoms with Crippen molar-refractivity contribution < 1.29 is 38.3 Å². The molecule has 0 aromatic heterocycles. The zero-order valence-corrected chi connectivity index (χ0v) is 20.0. The second kappa shape index (κ2) is 10.7. The van der Waals surface area contributed by atoms with Gasteiger partial charge in [-0.3, -0.25) is 4.79 Å². The molecule has 0 aliphatic carbocycles. The van der Waals surface area contributed by atoms with E-state index in [1.54, 1.807) is 38.1 Å². The fourth-order valence-corrected chi connectivity index (χ4v) is 4.24. The average molecular weight is 478 g/mol. The summed E-state index contributed by atoms with van der Waals surface area (Å²) in [6.07, 6.45) is -4.12. The Morgan fingerprint density at radius 1 is 1.18 bits per heavy atom. The highest BCUT2D eigenvalue weighted by Crippen LogP contribution is 2.38. The first-order chi connectivity index (χ1) is 16.1. The van der Waals surface area contributed by atoms with Crippen LogP contribution in [0.25, 0.3) is 11.1 Å². The molecule has 9 heteroatoms. The summed E-state index contributed by atoms with van der Waals surface area (Å²) in [7, 11) is 2.93. The number of amides is 1. The van der Waals surface area contributed by atoms with Crippen molar-refractivity contribution in [3.8, 4) is 22.6 Å². The molecule has 1 fully saturated rings. The van der Waals surface area contributed by atoms with Crippen molar-refractivity contribution in [2.75, 3.05) is 20.8 Å². The third-order valence-electron chi connectivity index (χ3n) is 5.84. The molecule has 34 heavy (non-hydrogen) atoms. The molecule has 1 saturated heterocycles. The van der Waals surface area contributed by atoms with Gasteiger partial charge in [-0.1, -0.05) is 12.1 Å². The summed E-state index contributed by atoms with van der Waals surface area (Å²) in [5.74, 6) is 0.187. The third-order valence-corrected chi connectivity index (χ3v) is 5.84. The maximum absolute atomic E-state index is 14.0. The lowest BCUT2D eigenvalue weighted by molar-refractivity contribution is -0.305. The van der Waals surface area contributed by atoms with Crippen LogP contribution in [0.4, 0.5) is 4.39 Å². The van der Waals surface area contributed by atoms with Crippen LogP contribution in [-0.4, -0.2) is 67.1 Å². The van der Waals surface area contributed by atoms with Crippen LogP contribution in [0, 0.1) is 5.82 Å². The molecular weight excluding hydrogens is 445 g/mol. The highest BCUT2D eigenvalue weighted by molar-refractivity contribution is 5.74. The van der Waals surface area contributed by atoms with Crippen molar-refractivity contribution in [2.45, 2.75) is 57.4 Å². The van der Waals surface area contributed by atoms with Crippen LogP contribution >= 0.6 is 0 Å². The molecule has 8 nitrogen and oxygen atoms in total. The van der Waals surface area contributed by atoms with Gasteiger partial charge in [-0.15, -0.1) is 0 Å². The summed E-state index contributed by atoms with van der Waals surface area (Å²) in [6, 6.07) is 9.41. The van der Waals surface area contributed by atoms with Crippen molar-refractivity contribution in [2.24, 2.45) is 0 Å². The standard InChI is InChI=1S/C25H32FNO7/c1-14(28)27-10-9-18-19(15-7-6-8-16(26)11-15)12-17(13-20(18)31-4)33-24-22(30)21(29)23(32-5)25(2,3)34-24/h6-8,11-13,21-24,29-30H,9-10H2,1-5H3,(H,27,28)/t21-,22-,23+,24?/m0/s1. The van der Waals surface area contributed by atoms with Crippen LogP contribution in [0.2, 0.25) is 0 Å². The first-order valence-electron chi connectivity index (χ1n) is 11.0. The minimum absolute atomic E-state index is 0.162. The first-order valence-corrected chi connectivity index (χ1v) is 11.0. The van der Waals surface area contributed by atoms with Crippen molar-refractivity contribution >= 4 is 5.91 Å². The fourth-order valence-electron chi connectivity index (χ4n) is 4.24. The summed E-state index contributed by atoms with van der Waals surface area (Å²) in [5, 5.41) is 23.9. The molecule has 0 radical (unpaired) electrons. The van der Waals surface area contributed by atoms with E-state index in [4.69, 9.17) is 18.9 Å². The zero-order chi connectivity index (χ0) is 25.0. The molecule has 3 rings (SSSR count). The van der Waals surface area contributed by atoms with Gasteiger partial charge in [0.2, 0.25) is 12.2 Å². The van der Waals surface area contributed by atoms with E-state index in [0.717, 1.165) is 5.56 Å². The Bertz CT molecular complexity index is 1010. The molecule has 3 N–H and O–H groups in total. The number of ether oxygens (including phenoxy) is 4. The summed E-state index contributed by atoms with van der Waals surface area (Å²) in [6.45, 7) is 5.26. The summed E-state index contributed by atoms with van der Waals surface area (Å²) in [5.41, 5.74) is 1.04.